The molecule has 218 valence electrons. The monoisotopic (exact) mass is 610 g/mol. The van der Waals surface area contributed by atoms with Gasteiger partial charge in [-0.1, -0.05) is 17.7 Å². The molecule has 2 aromatic heterocycles. The lowest BCUT2D eigenvalue weighted by Crippen LogP contribution is -2.29. The van der Waals surface area contributed by atoms with Crippen LogP contribution in [0.1, 0.15) is 34.7 Å². The Morgan fingerprint density at radius 3 is 2.19 bits per heavy atom. The van der Waals surface area contributed by atoms with Gasteiger partial charge in [0.2, 0.25) is 0 Å². The van der Waals surface area contributed by atoms with Gasteiger partial charge in [0, 0.05) is 28.3 Å². The van der Waals surface area contributed by atoms with E-state index in [1.807, 2.05) is 91.1 Å². The van der Waals surface area contributed by atoms with Gasteiger partial charge in [0.15, 0.2) is 5.11 Å². The Kier molecular flexibility index (Phi) is 7.97. The van der Waals surface area contributed by atoms with Gasteiger partial charge in [-0.3, -0.25) is 4.98 Å². The molecule has 0 spiro atoms. The summed E-state index contributed by atoms with van der Waals surface area (Å²) >= 11 is 12.4. The minimum Gasteiger partial charge on any atom is -0.497 e. The molecule has 9 heteroatoms. The van der Waals surface area contributed by atoms with E-state index in [0.29, 0.717) is 10.1 Å². The summed E-state index contributed by atoms with van der Waals surface area (Å²) in [7, 11) is 3.31. The topological polar surface area (TPSA) is 60.8 Å². The molecule has 0 radical (unpaired) electrons. The van der Waals surface area contributed by atoms with Crippen LogP contribution >= 0.6 is 23.8 Å². The molecule has 7 nitrogen and oxygen atoms in total. The summed E-state index contributed by atoms with van der Waals surface area (Å²) < 4.78 is 19.2. The zero-order valence-corrected chi connectivity index (χ0v) is 25.8. The van der Waals surface area contributed by atoms with Gasteiger partial charge in [-0.2, -0.15) is 0 Å². The zero-order valence-electron chi connectivity index (χ0n) is 24.2. The molecule has 0 amide bonds. The number of methoxy groups -OCH3 is 2. The van der Waals surface area contributed by atoms with Gasteiger partial charge < -0.3 is 29.0 Å². The largest absolute Gasteiger partial charge is 0.497 e. The quantitative estimate of drug-likeness (QED) is 0.178. The standard InChI is InChI=1S/C34H31ClN4O3S/c1-21-19-28(22(2)38(21)30-20-23(35)8-17-31(30)41-4)33-32(29-7-5-6-18-36-29)37-34(43)39(33)24-9-11-26(12-10-24)42-27-15-13-25(40-3)14-16-27/h5-20,32-33H,1-4H3,(H,37,43)/t32-,33-/m0/s1. The SMILES string of the molecule is COc1ccc(Oc2ccc(N3C(=S)N[C@@H](c4ccccn4)[C@@H]3c3cc(C)n(-c4cc(Cl)ccc4OC)c3C)cc2)cc1. The summed E-state index contributed by atoms with van der Waals surface area (Å²) in [4.78, 5) is 6.87. The average Bonchev–Trinajstić information content (AvgIpc) is 3.52. The normalized spacial score (nSPS) is 16.2. The van der Waals surface area contributed by atoms with E-state index in [1.54, 1.807) is 14.2 Å². The maximum atomic E-state index is 6.44. The first-order chi connectivity index (χ1) is 20.9. The molecule has 3 heterocycles. The van der Waals surface area contributed by atoms with Gasteiger partial charge in [-0.05, 0) is 117 Å². The molecule has 0 unspecified atom stereocenters. The molecule has 1 saturated heterocycles. The summed E-state index contributed by atoms with van der Waals surface area (Å²) in [5.74, 6) is 2.96. The molecule has 43 heavy (non-hydrogen) atoms. The predicted octanol–water partition coefficient (Wildman–Crippen LogP) is 8.13. The number of pyridine rings is 1. The van der Waals surface area contributed by atoms with Gasteiger partial charge in [-0.15, -0.1) is 0 Å². The van der Waals surface area contributed by atoms with Crippen LogP contribution in [0.25, 0.3) is 5.69 Å². The third kappa shape index (κ3) is 5.51. The average molecular weight is 611 g/mol. The van der Waals surface area contributed by atoms with Gasteiger partial charge in [0.05, 0.1) is 37.7 Å². The van der Waals surface area contributed by atoms with Crippen molar-refractivity contribution in [2.75, 3.05) is 19.1 Å². The lowest BCUT2D eigenvalue weighted by Gasteiger charge is -2.28. The highest BCUT2D eigenvalue weighted by Crippen LogP contribution is 2.44. The van der Waals surface area contributed by atoms with Crippen molar-refractivity contribution in [2.24, 2.45) is 0 Å². The number of halogens is 1. The van der Waals surface area contributed by atoms with Crippen molar-refractivity contribution in [3.8, 4) is 28.7 Å². The van der Waals surface area contributed by atoms with E-state index in [4.69, 9.17) is 43.0 Å². The van der Waals surface area contributed by atoms with Crippen LogP contribution in [0.4, 0.5) is 5.69 Å². The molecule has 0 bridgehead atoms. The fraction of sp³-hybridized carbons (Fsp3) is 0.176. The number of rotatable bonds is 8. The Hall–Kier alpha value is -4.53. The molecule has 0 aliphatic carbocycles. The second-order valence-electron chi connectivity index (χ2n) is 10.2. The molecule has 1 N–H and O–H groups in total. The van der Waals surface area contributed by atoms with Crippen molar-refractivity contribution in [3.63, 3.8) is 0 Å². The molecule has 0 saturated carbocycles. The van der Waals surface area contributed by atoms with E-state index in [9.17, 15) is 0 Å². The van der Waals surface area contributed by atoms with Crippen LogP contribution in [0.3, 0.4) is 0 Å². The minimum absolute atomic E-state index is 0.180. The maximum Gasteiger partial charge on any atom is 0.174 e. The third-order valence-corrected chi connectivity index (χ3v) is 8.23. The zero-order chi connectivity index (χ0) is 30.1. The van der Waals surface area contributed by atoms with Crippen LogP contribution in [0.5, 0.6) is 23.0 Å². The molecule has 1 aliphatic rings. The fourth-order valence-electron chi connectivity index (χ4n) is 5.70. The van der Waals surface area contributed by atoms with Gasteiger partial charge in [0.25, 0.3) is 0 Å². The number of nitrogens with one attached hydrogen (secondary N) is 1. The highest BCUT2D eigenvalue weighted by atomic mass is 35.5. The summed E-state index contributed by atoms with van der Waals surface area (Å²) in [5.41, 5.74) is 5.94. The van der Waals surface area contributed by atoms with Gasteiger partial charge >= 0.3 is 0 Å². The summed E-state index contributed by atoms with van der Waals surface area (Å²) in [6.07, 6.45) is 1.81. The second kappa shape index (κ2) is 12.0. The van der Waals surface area contributed by atoms with Crippen molar-refractivity contribution in [2.45, 2.75) is 25.9 Å². The maximum absolute atomic E-state index is 6.44. The number of thiocarbonyl (C=S) groups is 1. The van der Waals surface area contributed by atoms with Crippen molar-refractivity contribution >= 4 is 34.6 Å². The van der Waals surface area contributed by atoms with E-state index < -0.39 is 0 Å². The molecule has 6 rings (SSSR count). The number of aromatic nitrogens is 2. The molecule has 1 aliphatic heterocycles. The summed E-state index contributed by atoms with van der Waals surface area (Å²) in [6, 6.07) is 28.9. The number of hydrogen-bond acceptors (Lipinski definition) is 5. The van der Waals surface area contributed by atoms with Crippen molar-refractivity contribution in [1.82, 2.24) is 14.9 Å². The molecule has 1 fully saturated rings. The fourth-order valence-corrected chi connectivity index (χ4v) is 6.21. The Morgan fingerprint density at radius 1 is 0.837 bits per heavy atom. The highest BCUT2D eigenvalue weighted by Gasteiger charge is 2.42. The number of ether oxygens (including phenoxy) is 3. The smallest absolute Gasteiger partial charge is 0.174 e. The molecular weight excluding hydrogens is 580 g/mol. The predicted molar refractivity (Wildman–Crippen MR) is 174 cm³/mol. The van der Waals surface area contributed by atoms with Crippen LogP contribution in [-0.4, -0.2) is 28.9 Å². The number of hydrogen-bond donors (Lipinski definition) is 1. The third-order valence-electron chi connectivity index (χ3n) is 7.68. The second-order valence-corrected chi connectivity index (χ2v) is 11.1. The number of benzene rings is 3. The lowest BCUT2D eigenvalue weighted by molar-refractivity contribution is 0.412. The lowest BCUT2D eigenvalue weighted by atomic mass is 9.96. The van der Waals surface area contributed by atoms with E-state index in [0.717, 1.165) is 57.0 Å². The highest BCUT2D eigenvalue weighted by molar-refractivity contribution is 7.80. The van der Waals surface area contributed by atoms with Crippen LogP contribution < -0.4 is 24.4 Å². The Balaban J connectivity index is 1.41. The number of anilines is 1. The minimum atomic E-state index is -0.181. The molecule has 3 aromatic carbocycles. The first kappa shape index (κ1) is 28.6. The molecule has 5 aromatic rings. The van der Waals surface area contributed by atoms with E-state index in [1.165, 1.54) is 0 Å². The van der Waals surface area contributed by atoms with Crippen molar-refractivity contribution in [3.05, 3.63) is 125 Å². The van der Waals surface area contributed by atoms with Crippen LogP contribution in [0.15, 0.2) is 97.2 Å². The van der Waals surface area contributed by atoms with Crippen LogP contribution in [0.2, 0.25) is 5.02 Å². The first-order valence-corrected chi connectivity index (χ1v) is 14.6. The number of nitrogens with zero attached hydrogens (tertiary/aromatic N) is 3. The summed E-state index contributed by atoms with van der Waals surface area (Å²) in [5, 5.41) is 4.81. The summed E-state index contributed by atoms with van der Waals surface area (Å²) in [6.45, 7) is 4.20. The number of aryl methyl sites for hydroxylation is 1. The van der Waals surface area contributed by atoms with E-state index in [-0.39, 0.29) is 12.1 Å². The first-order valence-electron chi connectivity index (χ1n) is 13.8. The Bertz CT molecular complexity index is 1760. The van der Waals surface area contributed by atoms with Gasteiger partial charge in [-0.25, -0.2) is 0 Å². The molecular formula is C34H31ClN4O3S. The van der Waals surface area contributed by atoms with E-state index in [2.05, 4.69) is 34.7 Å². The van der Waals surface area contributed by atoms with E-state index >= 15 is 0 Å². The Morgan fingerprint density at radius 2 is 1.53 bits per heavy atom. The van der Waals surface area contributed by atoms with Crippen LogP contribution in [-0.2, 0) is 0 Å². The van der Waals surface area contributed by atoms with Crippen molar-refractivity contribution < 1.29 is 14.2 Å². The van der Waals surface area contributed by atoms with Crippen LogP contribution in [0, 0.1) is 13.8 Å². The molecule has 2 atom stereocenters. The Labute approximate surface area is 261 Å². The van der Waals surface area contributed by atoms with Crippen molar-refractivity contribution in [1.29, 1.82) is 0 Å². The van der Waals surface area contributed by atoms with Gasteiger partial charge in [0.1, 0.15) is 23.0 Å².